The van der Waals surface area contributed by atoms with Gasteiger partial charge in [0.2, 0.25) is 0 Å². The Kier molecular flexibility index (Phi) is 6.60. The lowest BCUT2D eigenvalue weighted by atomic mass is 10.0. The van der Waals surface area contributed by atoms with Gasteiger partial charge >= 0.3 is 0 Å². The van der Waals surface area contributed by atoms with E-state index in [9.17, 15) is 9.90 Å². The number of nitrogens with zero attached hydrogens (tertiary/aromatic N) is 1. The molecule has 1 amide bonds. The van der Waals surface area contributed by atoms with E-state index in [0.717, 1.165) is 36.8 Å². The van der Waals surface area contributed by atoms with Crippen LogP contribution in [0.3, 0.4) is 0 Å². The molecule has 0 spiro atoms. The van der Waals surface area contributed by atoms with Crippen molar-refractivity contribution in [1.82, 2.24) is 10.9 Å². The van der Waals surface area contributed by atoms with Crippen LogP contribution < -0.4 is 10.9 Å². The van der Waals surface area contributed by atoms with E-state index in [4.69, 9.17) is 4.99 Å². The summed E-state index contributed by atoms with van der Waals surface area (Å²) in [6.45, 7) is 0. The van der Waals surface area contributed by atoms with Crippen molar-refractivity contribution in [1.29, 1.82) is 0 Å². The number of amides is 1. The van der Waals surface area contributed by atoms with Crippen LogP contribution in [0.5, 0.6) is 0 Å². The highest BCUT2D eigenvalue weighted by atomic mass is 79.9. The molecule has 0 aromatic heterocycles. The molecule has 0 radical (unpaired) electrons. The molecule has 168 valence electrons. The maximum Gasteiger partial charge on any atom is 0.265 e. The third kappa shape index (κ3) is 4.83. The number of nitrogens with one attached hydrogen (secondary N) is 2. The van der Waals surface area contributed by atoms with Crippen LogP contribution in [-0.2, 0) is 0 Å². The van der Waals surface area contributed by atoms with Gasteiger partial charge < -0.3 is 5.11 Å². The summed E-state index contributed by atoms with van der Waals surface area (Å²) in [4.78, 5) is 19.4. The summed E-state index contributed by atoms with van der Waals surface area (Å²) in [6, 6.07) is 30.7. The molecule has 4 aromatic rings. The number of benzene rings is 4. The summed E-state index contributed by atoms with van der Waals surface area (Å²) in [5.41, 5.74) is 10.00. The Labute approximate surface area is 210 Å². The van der Waals surface area contributed by atoms with Crippen molar-refractivity contribution in [3.63, 3.8) is 0 Å². The number of aliphatic hydroxyl groups is 1. The van der Waals surface area contributed by atoms with Gasteiger partial charge in [-0.3, -0.25) is 10.2 Å². The second-order valence-corrected chi connectivity index (χ2v) is 9.66. The number of rotatable bonds is 5. The molecule has 3 N–H and O–H groups in total. The Hall–Kier alpha value is -3.23. The molecule has 5 nitrogen and oxygen atoms in total. The zero-order chi connectivity index (χ0) is 23.5. The van der Waals surface area contributed by atoms with Crippen molar-refractivity contribution in [2.45, 2.75) is 16.0 Å². The highest BCUT2D eigenvalue weighted by Gasteiger charge is 2.20. The van der Waals surface area contributed by atoms with Crippen molar-refractivity contribution >= 4 is 45.0 Å². The summed E-state index contributed by atoms with van der Waals surface area (Å²) in [5.74, 6) is -0.324. The van der Waals surface area contributed by atoms with Gasteiger partial charge in [-0.2, -0.15) is 0 Å². The smallest absolute Gasteiger partial charge is 0.265 e. The minimum Gasteiger partial charge on any atom is -0.373 e. The molecule has 1 heterocycles. The van der Waals surface area contributed by atoms with Gasteiger partial charge in [0.25, 0.3) is 5.91 Å². The summed E-state index contributed by atoms with van der Waals surface area (Å²) in [5, 5.41) is 10.7. The molecule has 4 aromatic carbocycles. The zero-order valence-electron chi connectivity index (χ0n) is 17.9. The van der Waals surface area contributed by atoms with Crippen molar-refractivity contribution in [3.05, 3.63) is 124 Å². The lowest BCUT2D eigenvalue weighted by Gasteiger charge is -2.15. The predicted molar refractivity (Wildman–Crippen MR) is 138 cm³/mol. The Balaban J connectivity index is 1.46. The number of hydrogen-bond donors (Lipinski definition) is 3. The Bertz CT molecular complexity index is 1390. The number of aliphatic imine (C=N–C) groups is 1. The molecule has 5 rings (SSSR count). The fourth-order valence-electron chi connectivity index (χ4n) is 3.66. The third-order valence-electron chi connectivity index (χ3n) is 5.35. The van der Waals surface area contributed by atoms with E-state index >= 15 is 0 Å². The fourth-order valence-corrected chi connectivity index (χ4v) is 5.07. The number of carbonyl (C=O) groups excluding carboxylic acids is 1. The number of hydrazine groups is 1. The highest BCUT2D eigenvalue weighted by Crippen LogP contribution is 2.42. The van der Waals surface area contributed by atoms with Crippen LogP contribution in [0, 0.1) is 0 Å². The van der Waals surface area contributed by atoms with Crippen LogP contribution in [0.4, 0.5) is 5.69 Å². The van der Waals surface area contributed by atoms with Gasteiger partial charge in [0.05, 0.1) is 11.4 Å². The molecule has 1 unspecified atom stereocenters. The number of aliphatic hydroxyl groups excluding tert-OH is 1. The maximum absolute atomic E-state index is 12.3. The SMILES string of the molecule is O=C(NNC(O)c1ccc2c(c1)N=C(c1cccc(Br)c1)c1ccccc1S2)c1ccccc1. The average molecular weight is 530 g/mol. The number of fused-ring (bicyclic) bond motifs is 2. The van der Waals surface area contributed by atoms with E-state index in [0.29, 0.717) is 11.1 Å². The highest BCUT2D eigenvalue weighted by molar-refractivity contribution is 9.10. The van der Waals surface area contributed by atoms with Crippen LogP contribution in [-0.4, -0.2) is 16.7 Å². The summed E-state index contributed by atoms with van der Waals surface area (Å²) >= 11 is 5.20. The van der Waals surface area contributed by atoms with Crippen LogP contribution in [0.2, 0.25) is 0 Å². The van der Waals surface area contributed by atoms with Crippen molar-refractivity contribution in [3.8, 4) is 0 Å². The molecule has 0 saturated carbocycles. The first kappa shape index (κ1) is 22.6. The second-order valence-electron chi connectivity index (χ2n) is 7.66. The fraction of sp³-hybridized carbons (Fsp3) is 0.0370. The lowest BCUT2D eigenvalue weighted by Crippen LogP contribution is -2.39. The molecule has 1 aliphatic heterocycles. The van der Waals surface area contributed by atoms with Crippen molar-refractivity contribution in [2.24, 2.45) is 4.99 Å². The topological polar surface area (TPSA) is 73.7 Å². The van der Waals surface area contributed by atoms with E-state index in [-0.39, 0.29) is 5.91 Å². The van der Waals surface area contributed by atoms with Crippen LogP contribution >= 0.6 is 27.7 Å². The Morgan fingerprint density at radius 2 is 1.68 bits per heavy atom. The molecule has 1 aliphatic rings. The van der Waals surface area contributed by atoms with E-state index in [1.165, 1.54) is 0 Å². The van der Waals surface area contributed by atoms with E-state index < -0.39 is 6.23 Å². The predicted octanol–water partition coefficient (Wildman–Crippen LogP) is 6.01. The molecule has 1 atom stereocenters. The van der Waals surface area contributed by atoms with Gasteiger partial charge in [-0.15, -0.1) is 0 Å². The number of carbonyl (C=O) groups is 1. The molecule has 0 bridgehead atoms. The molecular formula is C27H20BrN3O2S. The number of halogens is 1. The van der Waals surface area contributed by atoms with E-state index in [1.807, 2.05) is 60.7 Å². The maximum atomic E-state index is 12.3. The van der Waals surface area contributed by atoms with Gasteiger partial charge in [0, 0.05) is 31.0 Å². The van der Waals surface area contributed by atoms with Crippen molar-refractivity contribution < 1.29 is 9.90 Å². The minimum absolute atomic E-state index is 0.324. The monoisotopic (exact) mass is 529 g/mol. The zero-order valence-corrected chi connectivity index (χ0v) is 20.3. The van der Waals surface area contributed by atoms with Crippen LogP contribution in [0.15, 0.2) is 116 Å². The molecule has 0 saturated heterocycles. The quantitative estimate of drug-likeness (QED) is 0.192. The lowest BCUT2D eigenvalue weighted by molar-refractivity contribution is 0.0804. The first-order chi connectivity index (χ1) is 16.6. The molecule has 0 fully saturated rings. The summed E-state index contributed by atoms with van der Waals surface area (Å²) in [7, 11) is 0. The Morgan fingerprint density at radius 3 is 2.50 bits per heavy atom. The average Bonchev–Trinajstić information content (AvgIpc) is 3.04. The van der Waals surface area contributed by atoms with Gasteiger partial charge in [0.1, 0.15) is 6.23 Å². The van der Waals surface area contributed by atoms with Crippen LogP contribution in [0.1, 0.15) is 33.3 Å². The van der Waals surface area contributed by atoms with Crippen LogP contribution in [0.25, 0.3) is 0 Å². The minimum atomic E-state index is -1.10. The summed E-state index contributed by atoms with van der Waals surface area (Å²) < 4.78 is 0.977. The molecule has 34 heavy (non-hydrogen) atoms. The largest absolute Gasteiger partial charge is 0.373 e. The third-order valence-corrected chi connectivity index (χ3v) is 6.98. The summed E-state index contributed by atoms with van der Waals surface area (Å²) in [6.07, 6.45) is -1.10. The van der Waals surface area contributed by atoms with E-state index in [2.05, 4.69) is 38.9 Å². The number of hydrogen-bond acceptors (Lipinski definition) is 5. The molecule has 7 heteroatoms. The van der Waals surface area contributed by atoms with Crippen molar-refractivity contribution in [2.75, 3.05) is 0 Å². The Morgan fingerprint density at radius 1 is 0.882 bits per heavy atom. The van der Waals surface area contributed by atoms with Gasteiger partial charge in [0.15, 0.2) is 0 Å². The second kappa shape index (κ2) is 9.95. The van der Waals surface area contributed by atoms with E-state index in [1.54, 1.807) is 36.0 Å². The van der Waals surface area contributed by atoms with Gasteiger partial charge in [-0.25, -0.2) is 10.4 Å². The molecule has 0 aliphatic carbocycles. The molecular weight excluding hydrogens is 510 g/mol. The van der Waals surface area contributed by atoms with Gasteiger partial charge in [-0.1, -0.05) is 82.3 Å². The first-order valence-electron chi connectivity index (χ1n) is 10.6. The first-order valence-corrected chi connectivity index (χ1v) is 12.2. The standard InChI is InChI=1S/C27H20BrN3O2S/c28-20-10-6-9-18(15-20)25-21-11-4-5-12-23(21)34-24-14-13-19(16-22(24)29-25)27(33)31-30-26(32)17-7-2-1-3-8-17/h1-16,27,31,33H,(H,30,32). The normalized spacial score (nSPS) is 13.2. The van der Waals surface area contributed by atoms with Gasteiger partial charge in [-0.05, 0) is 48.0 Å².